The maximum Gasteiger partial charge on any atom is 0.338 e. The standard InChI is InChI=1S/C18H17N3O5S/c1-2-26-18(23)13-4-3-5-15-16(13)14(17(22)21-15)10-20-11-6-8-12(9-7-11)27(19,24)25/h3-10,21-22H,2H2,1H3,(H2,19,24,25). The topological polar surface area (TPSA) is 135 Å². The smallest absolute Gasteiger partial charge is 0.338 e. The van der Waals surface area contributed by atoms with Gasteiger partial charge in [0.15, 0.2) is 5.88 Å². The Morgan fingerprint density at radius 2 is 1.96 bits per heavy atom. The summed E-state index contributed by atoms with van der Waals surface area (Å²) in [5, 5.41) is 15.8. The van der Waals surface area contributed by atoms with E-state index >= 15 is 0 Å². The SMILES string of the molecule is CCOC(=O)c1cccc2[nH]c(O)c(C=Nc3ccc(S(N)(=O)=O)cc3)c12. The fourth-order valence-electron chi connectivity index (χ4n) is 2.63. The average Bonchev–Trinajstić information content (AvgIpc) is 2.95. The highest BCUT2D eigenvalue weighted by atomic mass is 32.2. The highest BCUT2D eigenvalue weighted by molar-refractivity contribution is 7.89. The molecule has 2 aromatic carbocycles. The van der Waals surface area contributed by atoms with E-state index in [1.165, 1.54) is 30.5 Å². The van der Waals surface area contributed by atoms with E-state index in [2.05, 4.69) is 9.98 Å². The number of rotatable bonds is 5. The molecule has 1 aromatic heterocycles. The van der Waals surface area contributed by atoms with Gasteiger partial charge in [-0.1, -0.05) is 6.07 Å². The van der Waals surface area contributed by atoms with Crippen molar-refractivity contribution < 1.29 is 23.1 Å². The number of nitrogens with zero attached hydrogens (tertiary/aromatic N) is 1. The highest BCUT2D eigenvalue weighted by Gasteiger charge is 2.18. The highest BCUT2D eigenvalue weighted by Crippen LogP contribution is 2.30. The van der Waals surface area contributed by atoms with Crippen LogP contribution < -0.4 is 5.14 Å². The number of fused-ring (bicyclic) bond motifs is 1. The Labute approximate surface area is 155 Å². The number of esters is 1. The van der Waals surface area contributed by atoms with Gasteiger partial charge < -0.3 is 14.8 Å². The number of primary sulfonamides is 1. The lowest BCUT2D eigenvalue weighted by Crippen LogP contribution is -2.11. The van der Waals surface area contributed by atoms with Gasteiger partial charge in [0, 0.05) is 17.1 Å². The molecule has 0 spiro atoms. The first-order valence-corrected chi connectivity index (χ1v) is 9.53. The van der Waals surface area contributed by atoms with Gasteiger partial charge in [-0.25, -0.2) is 18.4 Å². The van der Waals surface area contributed by atoms with E-state index in [0.29, 0.717) is 27.7 Å². The Morgan fingerprint density at radius 1 is 1.26 bits per heavy atom. The summed E-state index contributed by atoms with van der Waals surface area (Å²) in [7, 11) is -3.78. The largest absolute Gasteiger partial charge is 0.494 e. The van der Waals surface area contributed by atoms with E-state index in [0.717, 1.165) is 0 Å². The minimum atomic E-state index is -3.78. The van der Waals surface area contributed by atoms with E-state index in [1.54, 1.807) is 25.1 Å². The number of aliphatic imine (C=N–C) groups is 1. The van der Waals surface area contributed by atoms with Gasteiger partial charge in [0.05, 0.1) is 28.3 Å². The van der Waals surface area contributed by atoms with Crippen LogP contribution in [0.15, 0.2) is 52.4 Å². The molecule has 8 nitrogen and oxygen atoms in total. The van der Waals surface area contributed by atoms with Crippen molar-refractivity contribution in [2.24, 2.45) is 10.1 Å². The lowest BCUT2D eigenvalue weighted by atomic mass is 10.1. The molecule has 0 saturated heterocycles. The lowest BCUT2D eigenvalue weighted by molar-refractivity contribution is 0.0528. The minimum Gasteiger partial charge on any atom is -0.494 e. The van der Waals surface area contributed by atoms with Crippen LogP contribution in [0, 0.1) is 0 Å². The summed E-state index contributed by atoms with van der Waals surface area (Å²) in [6.45, 7) is 1.94. The van der Waals surface area contributed by atoms with Crippen LogP contribution in [0.4, 0.5) is 5.69 Å². The van der Waals surface area contributed by atoms with Crippen molar-refractivity contribution >= 4 is 38.8 Å². The number of hydrogen-bond acceptors (Lipinski definition) is 6. The van der Waals surface area contributed by atoms with Gasteiger partial charge in [-0.3, -0.25) is 4.99 Å². The molecule has 0 aliphatic carbocycles. The summed E-state index contributed by atoms with van der Waals surface area (Å²) in [5.74, 6) is -0.652. The van der Waals surface area contributed by atoms with Crippen LogP contribution in [0.1, 0.15) is 22.8 Å². The number of ether oxygens (including phenoxy) is 1. The minimum absolute atomic E-state index is 0.0269. The van der Waals surface area contributed by atoms with Crippen LogP contribution >= 0.6 is 0 Å². The molecule has 27 heavy (non-hydrogen) atoms. The van der Waals surface area contributed by atoms with Crippen molar-refractivity contribution in [3.8, 4) is 5.88 Å². The molecule has 9 heteroatoms. The fraction of sp³-hybridized carbons (Fsp3) is 0.111. The summed E-state index contributed by atoms with van der Waals surface area (Å²) in [6.07, 6.45) is 1.39. The molecule has 140 valence electrons. The van der Waals surface area contributed by atoms with Crippen molar-refractivity contribution in [1.29, 1.82) is 0 Å². The third-order valence-electron chi connectivity index (χ3n) is 3.85. The quantitative estimate of drug-likeness (QED) is 0.456. The molecular formula is C18H17N3O5S. The van der Waals surface area contributed by atoms with Gasteiger partial charge in [0.2, 0.25) is 10.0 Å². The second-order valence-corrected chi connectivity index (χ2v) is 7.19. The molecule has 0 saturated carbocycles. The van der Waals surface area contributed by atoms with E-state index in [9.17, 15) is 18.3 Å². The van der Waals surface area contributed by atoms with E-state index in [1.807, 2.05) is 0 Å². The molecule has 0 amide bonds. The molecule has 3 aromatic rings. The summed E-state index contributed by atoms with van der Waals surface area (Å²) in [5.41, 5.74) is 1.63. The number of nitrogens with two attached hydrogens (primary N) is 1. The molecule has 3 rings (SSSR count). The predicted octanol–water partition coefficient (Wildman–Crippen LogP) is 2.45. The first kappa shape index (κ1) is 18.6. The first-order valence-electron chi connectivity index (χ1n) is 7.99. The summed E-state index contributed by atoms with van der Waals surface area (Å²) in [4.78, 5) is 19.2. The van der Waals surface area contributed by atoms with Crippen LogP contribution in [0.5, 0.6) is 5.88 Å². The zero-order valence-electron chi connectivity index (χ0n) is 14.3. The third-order valence-corrected chi connectivity index (χ3v) is 4.77. The fourth-order valence-corrected chi connectivity index (χ4v) is 3.14. The van der Waals surface area contributed by atoms with Crippen LogP contribution in [-0.2, 0) is 14.8 Å². The number of aromatic hydroxyl groups is 1. The predicted molar refractivity (Wildman–Crippen MR) is 101 cm³/mol. The van der Waals surface area contributed by atoms with Crippen LogP contribution in [0.25, 0.3) is 10.9 Å². The van der Waals surface area contributed by atoms with E-state index in [4.69, 9.17) is 9.88 Å². The Hall–Kier alpha value is -3.17. The molecule has 0 aliphatic heterocycles. The molecule has 4 N–H and O–H groups in total. The normalized spacial score (nSPS) is 11.9. The molecule has 0 bridgehead atoms. The number of H-pyrrole nitrogens is 1. The Kier molecular flexibility index (Phi) is 4.98. The van der Waals surface area contributed by atoms with Crippen molar-refractivity contribution in [2.45, 2.75) is 11.8 Å². The molecule has 0 fully saturated rings. The first-order chi connectivity index (χ1) is 12.8. The van der Waals surface area contributed by atoms with Crippen LogP contribution in [0.3, 0.4) is 0 Å². The Balaban J connectivity index is 2.03. The van der Waals surface area contributed by atoms with Gasteiger partial charge in [0.1, 0.15) is 0 Å². The maximum atomic E-state index is 12.2. The van der Waals surface area contributed by atoms with Gasteiger partial charge >= 0.3 is 5.97 Å². The van der Waals surface area contributed by atoms with Crippen LogP contribution in [0.2, 0.25) is 0 Å². The molecule has 0 aliphatic rings. The van der Waals surface area contributed by atoms with Crippen LogP contribution in [-0.4, -0.2) is 37.3 Å². The van der Waals surface area contributed by atoms with Crippen molar-refractivity contribution in [1.82, 2.24) is 4.98 Å². The number of hydrogen-bond donors (Lipinski definition) is 3. The number of benzene rings is 2. The second-order valence-electron chi connectivity index (χ2n) is 5.63. The van der Waals surface area contributed by atoms with E-state index < -0.39 is 16.0 Å². The molecular weight excluding hydrogens is 370 g/mol. The van der Waals surface area contributed by atoms with Crippen molar-refractivity contribution in [3.05, 3.63) is 53.6 Å². The third kappa shape index (κ3) is 3.83. The molecule has 0 unspecified atom stereocenters. The lowest BCUT2D eigenvalue weighted by Gasteiger charge is -2.04. The van der Waals surface area contributed by atoms with E-state index in [-0.39, 0.29) is 17.4 Å². The van der Waals surface area contributed by atoms with Gasteiger partial charge in [-0.2, -0.15) is 0 Å². The molecule has 0 radical (unpaired) electrons. The number of aromatic amines is 1. The monoisotopic (exact) mass is 387 g/mol. The van der Waals surface area contributed by atoms with Gasteiger partial charge in [-0.15, -0.1) is 0 Å². The summed E-state index contributed by atoms with van der Waals surface area (Å²) in [6, 6.07) is 10.6. The number of aromatic nitrogens is 1. The second kappa shape index (κ2) is 7.22. The molecule has 0 atom stereocenters. The number of carbonyl (C=O) groups is 1. The van der Waals surface area contributed by atoms with Crippen molar-refractivity contribution in [3.63, 3.8) is 0 Å². The Morgan fingerprint density at radius 3 is 2.59 bits per heavy atom. The number of carbonyl (C=O) groups excluding carboxylic acids is 1. The van der Waals surface area contributed by atoms with Crippen molar-refractivity contribution in [2.75, 3.05) is 6.61 Å². The van der Waals surface area contributed by atoms with Gasteiger partial charge in [-0.05, 0) is 43.3 Å². The zero-order chi connectivity index (χ0) is 19.6. The summed E-state index contributed by atoms with van der Waals surface area (Å²) >= 11 is 0. The maximum absolute atomic E-state index is 12.2. The zero-order valence-corrected chi connectivity index (χ0v) is 15.2. The van der Waals surface area contributed by atoms with Gasteiger partial charge in [0.25, 0.3) is 0 Å². The Bertz CT molecular complexity index is 1130. The molecule has 1 heterocycles. The number of sulfonamides is 1. The summed E-state index contributed by atoms with van der Waals surface area (Å²) < 4.78 is 27.6. The average molecular weight is 387 g/mol. The number of nitrogens with one attached hydrogen (secondary N) is 1.